The molecule has 3 rings (SSSR count). The molecule has 1 atom stereocenters. The van der Waals surface area contributed by atoms with Crippen molar-refractivity contribution in [1.29, 1.82) is 0 Å². The summed E-state index contributed by atoms with van der Waals surface area (Å²) in [6.07, 6.45) is 5.67. The third-order valence-electron chi connectivity index (χ3n) is 3.65. The van der Waals surface area contributed by atoms with Crippen LogP contribution in [0.3, 0.4) is 0 Å². The van der Waals surface area contributed by atoms with Crippen LogP contribution in [0.4, 0.5) is 0 Å². The van der Waals surface area contributed by atoms with Gasteiger partial charge in [-0.15, -0.1) is 11.6 Å². The van der Waals surface area contributed by atoms with Gasteiger partial charge in [-0.2, -0.15) is 0 Å². The Morgan fingerprint density at radius 2 is 1.94 bits per heavy atom. The first-order valence-electron chi connectivity index (χ1n) is 6.85. The van der Waals surface area contributed by atoms with Crippen LogP contribution >= 0.6 is 11.6 Å². The monoisotopic (exact) mass is 266 g/mol. The lowest BCUT2D eigenvalue weighted by atomic mass is 10.1. The molecule has 1 heterocycles. The molecule has 1 aromatic carbocycles. The van der Waals surface area contributed by atoms with Crippen molar-refractivity contribution in [2.45, 2.75) is 37.5 Å². The largest absolute Gasteiger partial charge is 0.490 e. The minimum Gasteiger partial charge on any atom is -0.490 e. The van der Waals surface area contributed by atoms with E-state index in [1.807, 2.05) is 6.07 Å². The molecule has 0 aromatic heterocycles. The fraction of sp³-hybridized carbons (Fsp3) is 0.600. The van der Waals surface area contributed by atoms with E-state index in [9.17, 15) is 0 Å². The molecule has 0 saturated heterocycles. The molecule has 1 aliphatic carbocycles. The Hall–Kier alpha value is -0.890. The Morgan fingerprint density at radius 1 is 1.17 bits per heavy atom. The van der Waals surface area contributed by atoms with E-state index in [1.54, 1.807) is 0 Å². The van der Waals surface area contributed by atoms with Gasteiger partial charge in [0.15, 0.2) is 11.5 Å². The SMILES string of the molecule is ClC(CCc1ccc2c(c1)OCCCO2)C1CC1. The highest BCUT2D eigenvalue weighted by atomic mass is 35.5. The summed E-state index contributed by atoms with van der Waals surface area (Å²) in [5, 5.41) is 0.348. The summed E-state index contributed by atoms with van der Waals surface area (Å²) in [5.74, 6) is 2.54. The van der Waals surface area contributed by atoms with Crippen LogP contribution < -0.4 is 9.47 Å². The van der Waals surface area contributed by atoms with E-state index in [4.69, 9.17) is 21.1 Å². The van der Waals surface area contributed by atoms with E-state index < -0.39 is 0 Å². The number of halogens is 1. The van der Waals surface area contributed by atoms with Gasteiger partial charge in [0.2, 0.25) is 0 Å². The van der Waals surface area contributed by atoms with E-state index >= 15 is 0 Å². The molecule has 3 heteroatoms. The quantitative estimate of drug-likeness (QED) is 0.772. The molecule has 1 aliphatic heterocycles. The molecule has 0 spiro atoms. The van der Waals surface area contributed by atoms with Crippen LogP contribution in [0, 0.1) is 5.92 Å². The number of alkyl halides is 1. The lowest BCUT2D eigenvalue weighted by molar-refractivity contribution is 0.297. The van der Waals surface area contributed by atoms with Gasteiger partial charge < -0.3 is 9.47 Å². The molecule has 0 bridgehead atoms. The number of benzene rings is 1. The van der Waals surface area contributed by atoms with Gasteiger partial charge in [-0.25, -0.2) is 0 Å². The summed E-state index contributed by atoms with van der Waals surface area (Å²) in [6, 6.07) is 6.26. The number of rotatable bonds is 4. The highest BCUT2D eigenvalue weighted by Gasteiger charge is 2.29. The Morgan fingerprint density at radius 3 is 2.72 bits per heavy atom. The van der Waals surface area contributed by atoms with Gasteiger partial charge in [-0.05, 0) is 49.3 Å². The average molecular weight is 267 g/mol. The number of hydrogen-bond donors (Lipinski definition) is 0. The molecule has 1 unspecified atom stereocenters. The van der Waals surface area contributed by atoms with E-state index in [1.165, 1.54) is 18.4 Å². The molecule has 2 aliphatic rings. The smallest absolute Gasteiger partial charge is 0.161 e. The number of ether oxygens (including phenoxy) is 2. The van der Waals surface area contributed by atoms with Crippen molar-refractivity contribution in [2.24, 2.45) is 5.92 Å². The molecule has 98 valence electrons. The van der Waals surface area contributed by atoms with Gasteiger partial charge in [0.25, 0.3) is 0 Å². The topological polar surface area (TPSA) is 18.5 Å². The first-order valence-corrected chi connectivity index (χ1v) is 7.29. The second-order valence-corrected chi connectivity index (χ2v) is 5.78. The van der Waals surface area contributed by atoms with Crippen molar-refractivity contribution >= 4 is 11.6 Å². The predicted molar refractivity (Wildman–Crippen MR) is 72.7 cm³/mol. The van der Waals surface area contributed by atoms with Crippen LogP contribution in [-0.4, -0.2) is 18.6 Å². The van der Waals surface area contributed by atoms with E-state index in [0.717, 1.165) is 49.9 Å². The molecular formula is C15H19ClO2. The van der Waals surface area contributed by atoms with Crippen molar-refractivity contribution < 1.29 is 9.47 Å². The molecule has 2 nitrogen and oxygen atoms in total. The van der Waals surface area contributed by atoms with Crippen molar-refractivity contribution in [1.82, 2.24) is 0 Å². The summed E-state index contributed by atoms with van der Waals surface area (Å²) in [4.78, 5) is 0. The van der Waals surface area contributed by atoms with Gasteiger partial charge >= 0.3 is 0 Å². The summed E-state index contributed by atoms with van der Waals surface area (Å²) in [5.41, 5.74) is 1.30. The van der Waals surface area contributed by atoms with E-state index in [-0.39, 0.29) is 0 Å². The maximum absolute atomic E-state index is 6.34. The van der Waals surface area contributed by atoms with Gasteiger partial charge in [-0.1, -0.05) is 6.07 Å². The Balaban J connectivity index is 1.63. The highest BCUT2D eigenvalue weighted by molar-refractivity contribution is 6.20. The molecule has 0 amide bonds. The van der Waals surface area contributed by atoms with Crippen LogP contribution in [0.25, 0.3) is 0 Å². The first-order chi connectivity index (χ1) is 8.83. The Bertz CT molecular complexity index is 415. The van der Waals surface area contributed by atoms with Crippen LogP contribution in [0.2, 0.25) is 0 Å². The minimum atomic E-state index is 0.348. The molecule has 1 aromatic rings. The molecule has 1 fully saturated rings. The maximum atomic E-state index is 6.34. The lowest BCUT2D eigenvalue weighted by Crippen LogP contribution is -2.03. The minimum absolute atomic E-state index is 0.348. The van der Waals surface area contributed by atoms with Gasteiger partial charge in [0.05, 0.1) is 13.2 Å². The summed E-state index contributed by atoms with van der Waals surface area (Å²) >= 11 is 6.34. The molecular weight excluding hydrogens is 248 g/mol. The normalized spacial score (nSPS) is 20.3. The van der Waals surface area contributed by atoms with Crippen LogP contribution in [0.15, 0.2) is 18.2 Å². The van der Waals surface area contributed by atoms with Crippen LogP contribution in [0.5, 0.6) is 11.5 Å². The third kappa shape index (κ3) is 2.92. The molecule has 1 saturated carbocycles. The van der Waals surface area contributed by atoms with Crippen molar-refractivity contribution in [3.8, 4) is 11.5 Å². The van der Waals surface area contributed by atoms with E-state index in [2.05, 4.69) is 12.1 Å². The molecule has 0 radical (unpaired) electrons. The maximum Gasteiger partial charge on any atom is 0.161 e. The summed E-state index contributed by atoms with van der Waals surface area (Å²) < 4.78 is 11.3. The highest BCUT2D eigenvalue weighted by Crippen LogP contribution is 2.38. The number of fused-ring (bicyclic) bond motifs is 1. The Labute approximate surface area is 113 Å². The van der Waals surface area contributed by atoms with Crippen molar-refractivity contribution in [2.75, 3.05) is 13.2 Å². The molecule has 0 N–H and O–H groups in total. The van der Waals surface area contributed by atoms with Crippen LogP contribution in [-0.2, 0) is 6.42 Å². The fourth-order valence-corrected chi connectivity index (χ4v) is 2.72. The summed E-state index contributed by atoms with van der Waals surface area (Å²) in [7, 11) is 0. The lowest BCUT2D eigenvalue weighted by Gasteiger charge is -2.11. The Kier molecular flexibility index (Phi) is 3.64. The van der Waals surface area contributed by atoms with Gasteiger partial charge in [-0.3, -0.25) is 0 Å². The molecule has 18 heavy (non-hydrogen) atoms. The van der Waals surface area contributed by atoms with Crippen molar-refractivity contribution in [3.05, 3.63) is 23.8 Å². The van der Waals surface area contributed by atoms with E-state index in [0.29, 0.717) is 5.38 Å². The predicted octanol–water partition coefficient (Wildman–Crippen LogP) is 3.80. The van der Waals surface area contributed by atoms with Gasteiger partial charge in [0.1, 0.15) is 0 Å². The fourth-order valence-electron chi connectivity index (χ4n) is 2.36. The first kappa shape index (κ1) is 12.2. The zero-order valence-electron chi connectivity index (χ0n) is 10.5. The number of aryl methyl sites for hydroxylation is 1. The summed E-state index contributed by atoms with van der Waals surface area (Å²) in [6.45, 7) is 1.49. The van der Waals surface area contributed by atoms with Crippen LogP contribution in [0.1, 0.15) is 31.2 Å². The van der Waals surface area contributed by atoms with Gasteiger partial charge in [0, 0.05) is 11.8 Å². The zero-order valence-corrected chi connectivity index (χ0v) is 11.3. The number of hydrogen-bond acceptors (Lipinski definition) is 2. The zero-order chi connectivity index (χ0) is 12.4. The standard InChI is InChI=1S/C15H19ClO2/c16-13(12-4-5-12)6-2-11-3-7-14-15(10-11)18-9-1-8-17-14/h3,7,10,12-13H,1-2,4-6,8-9H2. The van der Waals surface area contributed by atoms with Crippen molar-refractivity contribution in [3.63, 3.8) is 0 Å². The second-order valence-electron chi connectivity index (χ2n) is 5.22. The third-order valence-corrected chi connectivity index (χ3v) is 4.23. The average Bonchev–Trinajstić information content (AvgIpc) is 3.21. The second kappa shape index (κ2) is 5.40.